The molecule has 1 heterocycles. The van der Waals surface area contributed by atoms with Crippen molar-refractivity contribution >= 4 is 11.8 Å². The van der Waals surface area contributed by atoms with Crippen LogP contribution in [0.1, 0.15) is 30.9 Å². The molecule has 0 aliphatic carbocycles. The van der Waals surface area contributed by atoms with Crippen LogP contribution in [0.2, 0.25) is 0 Å². The van der Waals surface area contributed by atoms with Crippen molar-refractivity contribution in [1.29, 1.82) is 0 Å². The number of aliphatic hydroxyl groups excluding tert-OH is 1. The molecule has 2 rings (SSSR count). The predicted molar refractivity (Wildman–Crippen MR) is 84.7 cm³/mol. The number of carbonyl (C=O) groups excluding carboxylic acids is 2. The van der Waals surface area contributed by atoms with Gasteiger partial charge in [-0.25, -0.2) is 5.48 Å². The van der Waals surface area contributed by atoms with Crippen LogP contribution in [-0.4, -0.2) is 46.2 Å². The van der Waals surface area contributed by atoms with Gasteiger partial charge in [0.1, 0.15) is 6.04 Å². The first-order chi connectivity index (χ1) is 10.9. The number of hydrogen-bond donors (Lipinski definition) is 3. The summed E-state index contributed by atoms with van der Waals surface area (Å²) in [6, 6.07) is 7.16. The molecule has 0 aromatic heterocycles. The fourth-order valence-corrected chi connectivity index (χ4v) is 3.14. The molecule has 0 radical (unpaired) electrons. The van der Waals surface area contributed by atoms with Crippen molar-refractivity contribution in [3.63, 3.8) is 0 Å². The smallest absolute Gasteiger partial charge is 0.268 e. The number of nitrogens with zero attached hydrogens (tertiary/aromatic N) is 1. The van der Waals surface area contributed by atoms with E-state index in [2.05, 4.69) is 6.07 Å². The lowest BCUT2D eigenvalue weighted by Crippen LogP contribution is -2.50. The summed E-state index contributed by atoms with van der Waals surface area (Å²) < 4.78 is 0. The van der Waals surface area contributed by atoms with Crippen LogP contribution >= 0.6 is 0 Å². The van der Waals surface area contributed by atoms with Crippen LogP contribution in [-0.2, 0) is 16.0 Å². The molecule has 6 heteroatoms. The topological polar surface area (TPSA) is 89.9 Å². The summed E-state index contributed by atoms with van der Waals surface area (Å²) in [6.07, 6.45) is 2.10. The Morgan fingerprint density at radius 1 is 1.48 bits per heavy atom. The summed E-state index contributed by atoms with van der Waals surface area (Å²) in [7, 11) is 0. The fraction of sp³-hybridized carbons (Fsp3) is 0.529. The molecule has 1 saturated heterocycles. The van der Waals surface area contributed by atoms with E-state index in [9.17, 15) is 14.7 Å². The Balaban J connectivity index is 2.05. The van der Waals surface area contributed by atoms with E-state index in [1.165, 1.54) is 21.5 Å². The fourth-order valence-electron chi connectivity index (χ4n) is 3.14. The number of nitrogens with one attached hydrogen (secondary N) is 1. The molecule has 1 aromatic rings. The Morgan fingerprint density at radius 2 is 2.22 bits per heavy atom. The van der Waals surface area contributed by atoms with Gasteiger partial charge >= 0.3 is 0 Å². The van der Waals surface area contributed by atoms with Gasteiger partial charge in [0.25, 0.3) is 5.91 Å². The van der Waals surface area contributed by atoms with Gasteiger partial charge in [0.2, 0.25) is 5.91 Å². The van der Waals surface area contributed by atoms with Gasteiger partial charge in [0.05, 0.1) is 6.61 Å². The zero-order chi connectivity index (χ0) is 17.0. The molecule has 126 valence electrons. The van der Waals surface area contributed by atoms with Crippen LogP contribution in [0.4, 0.5) is 0 Å². The molecule has 0 saturated carbocycles. The zero-order valence-corrected chi connectivity index (χ0v) is 13.6. The van der Waals surface area contributed by atoms with Crippen molar-refractivity contribution in [1.82, 2.24) is 10.4 Å². The summed E-state index contributed by atoms with van der Waals surface area (Å²) >= 11 is 0. The van der Waals surface area contributed by atoms with Crippen LogP contribution in [0.3, 0.4) is 0 Å². The summed E-state index contributed by atoms with van der Waals surface area (Å²) in [6.45, 7) is 3.83. The van der Waals surface area contributed by atoms with Gasteiger partial charge in [-0.3, -0.25) is 14.8 Å². The molecule has 1 fully saturated rings. The first-order valence-corrected chi connectivity index (χ1v) is 7.83. The summed E-state index contributed by atoms with van der Waals surface area (Å²) in [5, 5.41) is 18.1. The quantitative estimate of drug-likeness (QED) is 0.539. The van der Waals surface area contributed by atoms with E-state index in [0.717, 1.165) is 6.42 Å². The molecule has 6 nitrogen and oxygen atoms in total. The average molecular weight is 320 g/mol. The van der Waals surface area contributed by atoms with Gasteiger partial charge < -0.3 is 10.0 Å². The molecular formula is C17H24N2O4. The molecule has 0 bridgehead atoms. The molecule has 2 amide bonds. The van der Waals surface area contributed by atoms with Crippen molar-refractivity contribution < 1.29 is 19.9 Å². The maximum atomic E-state index is 12.7. The minimum Gasteiger partial charge on any atom is -0.394 e. The minimum absolute atomic E-state index is 0.146. The standard InChI is InChI=1S/C17H24N2O4/c1-12-4-3-5-13(10-12)6-7-17(2)8-9-19(16(17)22)14(11-20)15(21)18-23/h3-5,10,14,20,23H,6-9,11H2,1-2H3,(H,18,21)/t14-,17?/m1/s1. The number of benzene rings is 1. The molecule has 23 heavy (non-hydrogen) atoms. The molecule has 3 N–H and O–H groups in total. The summed E-state index contributed by atoms with van der Waals surface area (Å²) in [5.74, 6) is -0.906. The Bertz CT molecular complexity index is 590. The third-order valence-electron chi connectivity index (χ3n) is 4.69. The van der Waals surface area contributed by atoms with Crippen molar-refractivity contribution in [2.24, 2.45) is 5.41 Å². The highest BCUT2D eigenvalue weighted by Crippen LogP contribution is 2.37. The first kappa shape index (κ1) is 17.4. The van der Waals surface area contributed by atoms with E-state index in [1.54, 1.807) is 0 Å². The number of carbonyl (C=O) groups is 2. The second-order valence-electron chi connectivity index (χ2n) is 6.47. The number of hydrogen-bond acceptors (Lipinski definition) is 4. The van der Waals surface area contributed by atoms with Gasteiger partial charge in [-0.05, 0) is 31.7 Å². The highest BCUT2D eigenvalue weighted by atomic mass is 16.5. The Labute approximate surface area is 136 Å². The summed E-state index contributed by atoms with van der Waals surface area (Å²) in [5.41, 5.74) is 3.33. The largest absolute Gasteiger partial charge is 0.394 e. The van der Waals surface area contributed by atoms with Crippen molar-refractivity contribution in [3.05, 3.63) is 35.4 Å². The van der Waals surface area contributed by atoms with Crippen LogP contribution in [0.15, 0.2) is 24.3 Å². The van der Waals surface area contributed by atoms with Crippen LogP contribution in [0, 0.1) is 12.3 Å². The third kappa shape index (κ3) is 3.71. The minimum atomic E-state index is -1.03. The lowest BCUT2D eigenvalue weighted by molar-refractivity contribution is -0.147. The molecule has 1 aromatic carbocycles. The number of hydroxylamine groups is 1. The van der Waals surface area contributed by atoms with Gasteiger partial charge in [-0.15, -0.1) is 0 Å². The summed E-state index contributed by atoms with van der Waals surface area (Å²) in [4.78, 5) is 25.6. The van der Waals surface area contributed by atoms with Crippen LogP contribution in [0.25, 0.3) is 0 Å². The monoisotopic (exact) mass is 320 g/mol. The van der Waals surface area contributed by atoms with Gasteiger partial charge in [-0.1, -0.05) is 36.8 Å². The Hall–Kier alpha value is -1.92. The molecule has 2 atom stereocenters. The van der Waals surface area contributed by atoms with E-state index in [0.29, 0.717) is 19.4 Å². The van der Waals surface area contributed by atoms with E-state index in [1.807, 2.05) is 32.0 Å². The maximum Gasteiger partial charge on any atom is 0.268 e. The molecule has 1 aliphatic heterocycles. The zero-order valence-electron chi connectivity index (χ0n) is 13.6. The van der Waals surface area contributed by atoms with Crippen molar-refractivity contribution in [3.8, 4) is 0 Å². The van der Waals surface area contributed by atoms with Crippen LogP contribution in [0.5, 0.6) is 0 Å². The molecular weight excluding hydrogens is 296 g/mol. The van der Waals surface area contributed by atoms with E-state index < -0.39 is 24.0 Å². The lowest BCUT2D eigenvalue weighted by atomic mass is 9.82. The maximum absolute atomic E-state index is 12.7. The van der Waals surface area contributed by atoms with Gasteiger partial charge in [0.15, 0.2) is 0 Å². The average Bonchev–Trinajstić information content (AvgIpc) is 2.83. The second kappa shape index (κ2) is 7.10. The molecule has 1 aliphatic rings. The number of aliphatic hydroxyl groups is 1. The predicted octanol–water partition coefficient (Wildman–Crippen LogP) is 1.03. The van der Waals surface area contributed by atoms with Gasteiger partial charge in [0, 0.05) is 12.0 Å². The number of amides is 2. The highest BCUT2D eigenvalue weighted by molar-refractivity contribution is 5.91. The third-order valence-corrected chi connectivity index (χ3v) is 4.69. The number of aryl methyl sites for hydroxylation is 2. The Kier molecular flexibility index (Phi) is 5.38. The first-order valence-electron chi connectivity index (χ1n) is 7.83. The van der Waals surface area contributed by atoms with Crippen LogP contribution < -0.4 is 5.48 Å². The normalized spacial score (nSPS) is 22.3. The van der Waals surface area contributed by atoms with Gasteiger partial charge in [-0.2, -0.15) is 0 Å². The Morgan fingerprint density at radius 3 is 2.83 bits per heavy atom. The molecule has 1 unspecified atom stereocenters. The van der Waals surface area contributed by atoms with E-state index in [-0.39, 0.29) is 5.91 Å². The number of rotatable bonds is 6. The lowest BCUT2D eigenvalue weighted by Gasteiger charge is -2.27. The van der Waals surface area contributed by atoms with E-state index in [4.69, 9.17) is 5.21 Å². The van der Waals surface area contributed by atoms with Crippen molar-refractivity contribution in [2.75, 3.05) is 13.2 Å². The SMILES string of the molecule is Cc1cccc(CCC2(C)CCN([C@H](CO)C(=O)NO)C2=O)c1. The molecule has 0 spiro atoms. The van der Waals surface area contributed by atoms with Crippen molar-refractivity contribution in [2.45, 2.75) is 39.2 Å². The second-order valence-corrected chi connectivity index (χ2v) is 6.47. The number of likely N-dealkylation sites (tertiary alicyclic amines) is 1. The van der Waals surface area contributed by atoms with E-state index >= 15 is 0 Å². The highest BCUT2D eigenvalue weighted by Gasteiger charge is 2.46.